The van der Waals surface area contributed by atoms with Crippen LogP contribution in [0, 0.1) is 6.92 Å². The Labute approximate surface area is 132 Å². The van der Waals surface area contributed by atoms with Gasteiger partial charge in [-0.1, -0.05) is 12.1 Å². The highest BCUT2D eigenvalue weighted by atomic mass is 16.5. The number of hydrogen-bond donors (Lipinski definition) is 3. The molecule has 0 aliphatic heterocycles. The lowest BCUT2D eigenvalue weighted by molar-refractivity contribution is 0.179. The number of aromatic amines is 1. The number of methoxy groups -OCH3 is 1. The zero-order valence-corrected chi connectivity index (χ0v) is 13.9. The topological polar surface area (TPSA) is 61.4 Å². The molecule has 0 spiro atoms. The molecule has 0 radical (unpaired) electrons. The molecule has 0 amide bonds. The zero-order chi connectivity index (χ0) is 15.9. The molecule has 0 bridgehead atoms. The molecular weight excluding hydrogens is 276 g/mol. The molecule has 1 heterocycles. The first-order valence-corrected chi connectivity index (χ1v) is 7.67. The summed E-state index contributed by atoms with van der Waals surface area (Å²) in [7, 11) is 3.48. The molecule has 3 N–H and O–H groups in total. The normalized spacial score (nSPS) is 13.4. The maximum Gasteiger partial charge on any atom is 0.191 e. The number of hydrogen-bond acceptors (Lipinski definition) is 2. The molecular formula is C17H26N4O. The van der Waals surface area contributed by atoms with E-state index < -0.39 is 0 Å². The first kappa shape index (κ1) is 16.4. The van der Waals surface area contributed by atoms with Crippen LogP contribution in [0.2, 0.25) is 0 Å². The lowest BCUT2D eigenvalue weighted by Crippen LogP contribution is -2.44. The number of nitrogens with one attached hydrogen (secondary N) is 3. The third-order valence-electron chi connectivity index (χ3n) is 3.71. The lowest BCUT2D eigenvalue weighted by Gasteiger charge is -2.17. The second-order valence-corrected chi connectivity index (χ2v) is 5.56. The number of fused-ring (bicyclic) bond motifs is 1. The van der Waals surface area contributed by atoms with E-state index in [9.17, 15) is 0 Å². The van der Waals surface area contributed by atoms with Crippen molar-refractivity contribution in [2.24, 2.45) is 4.99 Å². The van der Waals surface area contributed by atoms with Crippen LogP contribution in [0.1, 0.15) is 18.1 Å². The van der Waals surface area contributed by atoms with Gasteiger partial charge in [-0.05, 0) is 37.5 Å². The van der Waals surface area contributed by atoms with Gasteiger partial charge in [-0.15, -0.1) is 0 Å². The van der Waals surface area contributed by atoms with E-state index >= 15 is 0 Å². The van der Waals surface area contributed by atoms with Crippen molar-refractivity contribution in [2.45, 2.75) is 26.3 Å². The van der Waals surface area contributed by atoms with E-state index in [1.807, 2.05) is 0 Å². The van der Waals surface area contributed by atoms with E-state index in [1.54, 1.807) is 14.2 Å². The molecule has 0 saturated carbocycles. The zero-order valence-electron chi connectivity index (χ0n) is 13.9. The quantitative estimate of drug-likeness (QED) is 0.566. The molecule has 0 fully saturated rings. The van der Waals surface area contributed by atoms with Crippen LogP contribution in [0.25, 0.3) is 10.9 Å². The van der Waals surface area contributed by atoms with E-state index in [-0.39, 0.29) is 6.04 Å². The van der Waals surface area contributed by atoms with Crippen molar-refractivity contribution in [3.05, 3.63) is 35.5 Å². The van der Waals surface area contributed by atoms with Gasteiger partial charge < -0.3 is 20.4 Å². The van der Waals surface area contributed by atoms with Crippen molar-refractivity contribution in [1.82, 2.24) is 15.6 Å². The Morgan fingerprint density at radius 2 is 2.23 bits per heavy atom. The minimum atomic E-state index is 0.228. The fourth-order valence-corrected chi connectivity index (χ4v) is 2.68. The Balaban J connectivity index is 1.92. The van der Waals surface area contributed by atoms with Gasteiger partial charge in [0, 0.05) is 43.8 Å². The first-order valence-electron chi connectivity index (χ1n) is 7.67. The largest absolute Gasteiger partial charge is 0.383 e. The van der Waals surface area contributed by atoms with Gasteiger partial charge in [-0.3, -0.25) is 4.99 Å². The van der Waals surface area contributed by atoms with Crippen LogP contribution >= 0.6 is 0 Å². The third kappa shape index (κ3) is 4.01. The van der Waals surface area contributed by atoms with Crippen LogP contribution in [-0.4, -0.2) is 44.3 Å². The van der Waals surface area contributed by atoms with Gasteiger partial charge in [-0.2, -0.15) is 0 Å². The number of nitrogens with zero attached hydrogens (tertiary/aromatic N) is 1. The summed E-state index contributed by atoms with van der Waals surface area (Å²) in [5.74, 6) is 0.807. The number of benzene rings is 1. The van der Waals surface area contributed by atoms with Gasteiger partial charge in [0.2, 0.25) is 0 Å². The molecule has 120 valence electrons. The minimum absolute atomic E-state index is 0.228. The summed E-state index contributed by atoms with van der Waals surface area (Å²) >= 11 is 0. The average Bonchev–Trinajstić information content (AvgIpc) is 2.91. The van der Waals surface area contributed by atoms with Crippen molar-refractivity contribution < 1.29 is 4.74 Å². The predicted octanol–water partition coefficient (Wildman–Crippen LogP) is 2.22. The van der Waals surface area contributed by atoms with E-state index in [4.69, 9.17) is 4.74 Å². The molecule has 2 rings (SSSR count). The Morgan fingerprint density at radius 3 is 2.95 bits per heavy atom. The maximum absolute atomic E-state index is 5.12. The summed E-state index contributed by atoms with van der Waals surface area (Å²) in [5.41, 5.74) is 3.84. The van der Waals surface area contributed by atoms with E-state index in [1.165, 1.54) is 22.0 Å². The molecule has 0 aliphatic carbocycles. The fraction of sp³-hybridized carbons (Fsp3) is 0.471. The number of guanidine groups is 1. The summed E-state index contributed by atoms with van der Waals surface area (Å²) in [6, 6.07) is 6.58. The number of ether oxygens (including phenoxy) is 1. The number of aryl methyl sites for hydroxylation is 1. The minimum Gasteiger partial charge on any atom is -0.383 e. The summed E-state index contributed by atoms with van der Waals surface area (Å²) < 4.78 is 5.12. The summed E-state index contributed by atoms with van der Waals surface area (Å²) in [4.78, 5) is 7.58. The summed E-state index contributed by atoms with van der Waals surface area (Å²) in [6.45, 7) is 5.71. The van der Waals surface area contributed by atoms with Crippen molar-refractivity contribution in [2.75, 3.05) is 27.3 Å². The van der Waals surface area contributed by atoms with Crippen LogP contribution in [0.4, 0.5) is 0 Å². The van der Waals surface area contributed by atoms with Gasteiger partial charge in [-0.25, -0.2) is 0 Å². The standard InChI is InChI=1S/C17H26N4O/c1-12-6-5-7-15-16(12)14(10-20-15)8-9-19-17(18-3)21-13(2)11-22-4/h5-7,10,13,20H,8-9,11H2,1-4H3,(H2,18,19,21). The Bertz CT molecular complexity index is 633. The SMILES string of the molecule is CN=C(NCCc1c[nH]c2cccc(C)c12)NC(C)COC. The second-order valence-electron chi connectivity index (χ2n) is 5.56. The molecule has 0 saturated heterocycles. The number of aliphatic imine (C=N–C) groups is 1. The van der Waals surface area contributed by atoms with Crippen molar-refractivity contribution in [3.8, 4) is 0 Å². The molecule has 1 aromatic carbocycles. The van der Waals surface area contributed by atoms with Crippen molar-refractivity contribution in [3.63, 3.8) is 0 Å². The highest BCUT2D eigenvalue weighted by Crippen LogP contribution is 2.22. The Morgan fingerprint density at radius 1 is 1.41 bits per heavy atom. The van der Waals surface area contributed by atoms with Gasteiger partial charge >= 0.3 is 0 Å². The van der Waals surface area contributed by atoms with Crippen molar-refractivity contribution in [1.29, 1.82) is 0 Å². The molecule has 1 unspecified atom stereocenters. The number of rotatable bonds is 6. The number of aromatic nitrogens is 1. The van der Waals surface area contributed by atoms with Crippen molar-refractivity contribution >= 4 is 16.9 Å². The highest BCUT2D eigenvalue weighted by molar-refractivity contribution is 5.86. The maximum atomic E-state index is 5.12. The highest BCUT2D eigenvalue weighted by Gasteiger charge is 2.07. The lowest BCUT2D eigenvalue weighted by atomic mass is 10.1. The molecule has 22 heavy (non-hydrogen) atoms. The monoisotopic (exact) mass is 302 g/mol. The number of H-pyrrole nitrogens is 1. The van der Waals surface area contributed by atoms with E-state index in [2.05, 4.69) is 58.9 Å². The first-order chi connectivity index (χ1) is 10.7. The Kier molecular flexibility index (Phi) is 5.83. The molecule has 5 heteroatoms. The van der Waals surface area contributed by atoms with Gasteiger partial charge in [0.05, 0.1) is 6.61 Å². The van der Waals surface area contributed by atoms with Gasteiger partial charge in [0.1, 0.15) is 0 Å². The van der Waals surface area contributed by atoms with E-state index in [0.29, 0.717) is 6.61 Å². The van der Waals surface area contributed by atoms with E-state index in [0.717, 1.165) is 18.9 Å². The van der Waals surface area contributed by atoms with Gasteiger partial charge in [0.25, 0.3) is 0 Å². The van der Waals surface area contributed by atoms with Crippen LogP contribution in [0.15, 0.2) is 29.4 Å². The summed E-state index contributed by atoms with van der Waals surface area (Å²) in [5, 5.41) is 7.99. The van der Waals surface area contributed by atoms with Crippen LogP contribution < -0.4 is 10.6 Å². The average molecular weight is 302 g/mol. The van der Waals surface area contributed by atoms with Crippen LogP contribution in [0.3, 0.4) is 0 Å². The smallest absolute Gasteiger partial charge is 0.191 e. The van der Waals surface area contributed by atoms with Crippen LogP contribution in [-0.2, 0) is 11.2 Å². The molecule has 2 aromatic rings. The Hall–Kier alpha value is -2.01. The molecule has 0 aliphatic rings. The van der Waals surface area contributed by atoms with Crippen LogP contribution in [0.5, 0.6) is 0 Å². The fourth-order valence-electron chi connectivity index (χ4n) is 2.68. The summed E-state index contributed by atoms with van der Waals surface area (Å²) in [6.07, 6.45) is 3.05. The molecule has 1 aromatic heterocycles. The van der Waals surface area contributed by atoms with Gasteiger partial charge in [0.15, 0.2) is 5.96 Å². The second kappa shape index (κ2) is 7.84. The third-order valence-corrected chi connectivity index (χ3v) is 3.71. The molecule has 1 atom stereocenters. The predicted molar refractivity (Wildman–Crippen MR) is 92.6 cm³/mol. The molecule has 5 nitrogen and oxygen atoms in total.